The molecule has 164 valence electrons. The fourth-order valence-electron chi connectivity index (χ4n) is 2.80. The van der Waals surface area contributed by atoms with Crippen LogP contribution in [0.5, 0.6) is 28.7 Å². The fraction of sp³-hybridized carbons (Fsp3) is 0.250. The normalized spacial score (nSPS) is 10.9. The number of carbonyl (C=O) groups excluding carboxylic acids is 2. The van der Waals surface area contributed by atoms with Crippen LogP contribution < -0.4 is 23.7 Å². The topological polar surface area (TPSA) is 80.3 Å². The van der Waals surface area contributed by atoms with Crippen LogP contribution in [0.25, 0.3) is 12.2 Å². The van der Waals surface area contributed by atoms with E-state index in [1.54, 1.807) is 49.6 Å². The minimum Gasteiger partial charge on any atom is -0.496 e. The van der Waals surface area contributed by atoms with Gasteiger partial charge >= 0.3 is 0 Å². The summed E-state index contributed by atoms with van der Waals surface area (Å²) in [5.74, 6) is 2.03. The maximum Gasteiger partial charge on any atom is 0.164 e. The SMILES string of the molecule is COc1cc(OC)c(OC)cc1C=CC(=O)CC(=O)C=Cc1ccc(OC)c(OC)c1. The smallest absolute Gasteiger partial charge is 0.164 e. The van der Waals surface area contributed by atoms with E-state index in [0.717, 1.165) is 5.56 Å². The van der Waals surface area contributed by atoms with Crippen molar-refractivity contribution >= 4 is 23.7 Å². The van der Waals surface area contributed by atoms with Gasteiger partial charge in [0.1, 0.15) is 5.75 Å². The van der Waals surface area contributed by atoms with E-state index in [-0.39, 0.29) is 18.0 Å². The van der Waals surface area contributed by atoms with E-state index in [0.29, 0.717) is 34.3 Å². The maximum atomic E-state index is 12.2. The first-order chi connectivity index (χ1) is 14.9. The molecule has 0 aliphatic heterocycles. The lowest BCUT2D eigenvalue weighted by atomic mass is 10.1. The number of rotatable bonds is 11. The Bertz CT molecular complexity index is 990. The molecule has 0 aromatic heterocycles. The first-order valence-electron chi connectivity index (χ1n) is 9.39. The van der Waals surface area contributed by atoms with Crippen molar-refractivity contribution in [1.82, 2.24) is 0 Å². The van der Waals surface area contributed by atoms with Gasteiger partial charge in [-0.1, -0.05) is 12.1 Å². The van der Waals surface area contributed by atoms with Crippen molar-refractivity contribution in [3.63, 3.8) is 0 Å². The van der Waals surface area contributed by atoms with Crippen molar-refractivity contribution in [2.45, 2.75) is 6.42 Å². The van der Waals surface area contributed by atoms with E-state index in [9.17, 15) is 9.59 Å². The van der Waals surface area contributed by atoms with E-state index in [1.165, 1.54) is 40.6 Å². The van der Waals surface area contributed by atoms with Crippen molar-refractivity contribution in [3.05, 3.63) is 53.6 Å². The van der Waals surface area contributed by atoms with Gasteiger partial charge in [-0.25, -0.2) is 0 Å². The Morgan fingerprint density at radius 3 is 1.74 bits per heavy atom. The molecule has 0 aliphatic rings. The Morgan fingerprint density at radius 2 is 1.16 bits per heavy atom. The largest absolute Gasteiger partial charge is 0.496 e. The molecule has 0 saturated carbocycles. The molecule has 0 spiro atoms. The minimum absolute atomic E-state index is 0.254. The van der Waals surface area contributed by atoms with Crippen LogP contribution in [-0.2, 0) is 9.59 Å². The van der Waals surface area contributed by atoms with E-state index < -0.39 is 0 Å². The third kappa shape index (κ3) is 6.37. The summed E-state index contributed by atoms with van der Waals surface area (Å²) >= 11 is 0. The van der Waals surface area contributed by atoms with Gasteiger partial charge in [0, 0.05) is 11.6 Å². The molecule has 0 saturated heterocycles. The van der Waals surface area contributed by atoms with Gasteiger partial charge in [-0.15, -0.1) is 0 Å². The summed E-state index contributed by atoms with van der Waals surface area (Å²) in [5, 5.41) is 0. The summed E-state index contributed by atoms with van der Waals surface area (Å²) in [7, 11) is 7.65. The molecule has 31 heavy (non-hydrogen) atoms. The van der Waals surface area contributed by atoms with Gasteiger partial charge < -0.3 is 23.7 Å². The van der Waals surface area contributed by atoms with Crippen LogP contribution in [0, 0.1) is 0 Å². The highest BCUT2D eigenvalue weighted by Gasteiger charge is 2.11. The standard InChI is InChI=1S/C24H26O7/c1-27-20-11-7-16(12-22(20)29-3)6-9-18(25)14-19(26)10-8-17-13-23(30-4)24(31-5)15-21(17)28-2/h6-13,15H,14H2,1-5H3. The molecule has 0 aliphatic carbocycles. The molecule has 2 rings (SSSR count). The first-order valence-corrected chi connectivity index (χ1v) is 9.39. The zero-order valence-corrected chi connectivity index (χ0v) is 18.3. The molecule has 7 heteroatoms. The molecule has 7 nitrogen and oxygen atoms in total. The number of hydrogen-bond donors (Lipinski definition) is 0. The highest BCUT2D eigenvalue weighted by atomic mass is 16.5. The van der Waals surface area contributed by atoms with Crippen molar-refractivity contribution in [1.29, 1.82) is 0 Å². The van der Waals surface area contributed by atoms with E-state index >= 15 is 0 Å². The molecule has 0 unspecified atom stereocenters. The number of methoxy groups -OCH3 is 5. The Hall–Kier alpha value is -3.74. The second-order valence-corrected chi connectivity index (χ2v) is 6.34. The Labute approximate surface area is 181 Å². The molecule has 0 fully saturated rings. The summed E-state index contributed by atoms with van der Waals surface area (Å²) in [5.41, 5.74) is 1.38. The molecule has 0 amide bonds. The van der Waals surface area contributed by atoms with Crippen LogP contribution in [0.2, 0.25) is 0 Å². The van der Waals surface area contributed by atoms with Gasteiger partial charge in [-0.3, -0.25) is 9.59 Å². The fourth-order valence-corrected chi connectivity index (χ4v) is 2.80. The average Bonchev–Trinajstić information content (AvgIpc) is 2.80. The molecule has 0 N–H and O–H groups in total. The highest BCUT2D eigenvalue weighted by Crippen LogP contribution is 2.35. The molecule has 0 radical (unpaired) electrons. The van der Waals surface area contributed by atoms with Gasteiger partial charge in [0.15, 0.2) is 34.6 Å². The van der Waals surface area contributed by atoms with Gasteiger partial charge in [0.2, 0.25) is 0 Å². The summed E-state index contributed by atoms with van der Waals surface area (Å²) < 4.78 is 26.3. The minimum atomic E-state index is -0.334. The monoisotopic (exact) mass is 426 g/mol. The zero-order valence-electron chi connectivity index (χ0n) is 18.3. The van der Waals surface area contributed by atoms with Crippen LogP contribution in [0.15, 0.2) is 42.5 Å². The predicted octanol–water partition coefficient (Wildman–Crippen LogP) is 3.98. The molecule has 0 atom stereocenters. The molecule has 0 bridgehead atoms. The predicted molar refractivity (Wildman–Crippen MR) is 118 cm³/mol. The molecule has 2 aromatic carbocycles. The van der Waals surface area contributed by atoms with Crippen LogP contribution in [0.1, 0.15) is 17.5 Å². The Kier molecular flexibility index (Phi) is 8.69. The van der Waals surface area contributed by atoms with Crippen molar-refractivity contribution in [2.75, 3.05) is 35.5 Å². The number of hydrogen-bond acceptors (Lipinski definition) is 7. The summed E-state index contributed by atoms with van der Waals surface area (Å²) in [6, 6.07) is 8.64. The zero-order chi connectivity index (χ0) is 22.8. The van der Waals surface area contributed by atoms with Crippen LogP contribution in [-0.4, -0.2) is 47.1 Å². The van der Waals surface area contributed by atoms with Gasteiger partial charge in [0.25, 0.3) is 0 Å². The van der Waals surface area contributed by atoms with E-state index in [2.05, 4.69) is 0 Å². The third-order valence-corrected chi connectivity index (χ3v) is 4.40. The molecule has 0 heterocycles. The quantitative estimate of drug-likeness (QED) is 0.397. The summed E-state index contributed by atoms with van der Waals surface area (Å²) in [6.07, 6.45) is 5.65. The Morgan fingerprint density at radius 1 is 0.645 bits per heavy atom. The van der Waals surface area contributed by atoms with Crippen LogP contribution in [0.4, 0.5) is 0 Å². The van der Waals surface area contributed by atoms with Crippen molar-refractivity contribution < 1.29 is 33.3 Å². The second kappa shape index (κ2) is 11.4. The third-order valence-electron chi connectivity index (χ3n) is 4.40. The van der Waals surface area contributed by atoms with Gasteiger partial charge in [0.05, 0.1) is 42.0 Å². The number of carbonyl (C=O) groups is 2. The van der Waals surface area contributed by atoms with Crippen LogP contribution >= 0.6 is 0 Å². The molecule has 2 aromatic rings. The average molecular weight is 426 g/mol. The van der Waals surface area contributed by atoms with Crippen LogP contribution in [0.3, 0.4) is 0 Å². The number of allylic oxidation sites excluding steroid dienone is 2. The summed E-state index contributed by atoms with van der Waals surface area (Å²) in [4.78, 5) is 24.4. The number of ketones is 2. The van der Waals surface area contributed by atoms with Gasteiger partial charge in [-0.2, -0.15) is 0 Å². The lowest BCUT2D eigenvalue weighted by Gasteiger charge is -2.12. The molecular weight excluding hydrogens is 400 g/mol. The Balaban J connectivity index is 2.06. The van der Waals surface area contributed by atoms with Crippen molar-refractivity contribution in [3.8, 4) is 28.7 Å². The van der Waals surface area contributed by atoms with E-state index in [4.69, 9.17) is 23.7 Å². The number of benzene rings is 2. The van der Waals surface area contributed by atoms with Crippen molar-refractivity contribution in [2.24, 2.45) is 0 Å². The first kappa shape index (κ1) is 23.5. The lowest BCUT2D eigenvalue weighted by Crippen LogP contribution is -2.02. The lowest BCUT2D eigenvalue weighted by molar-refractivity contribution is -0.121. The summed E-state index contributed by atoms with van der Waals surface area (Å²) in [6.45, 7) is 0. The van der Waals surface area contributed by atoms with E-state index in [1.807, 2.05) is 0 Å². The van der Waals surface area contributed by atoms with Gasteiger partial charge in [-0.05, 0) is 42.0 Å². The highest BCUT2D eigenvalue weighted by molar-refractivity contribution is 6.11. The maximum absolute atomic E-state index is 12.2. The molecular formula is C24H26O7. The second-order valence-electron chi connectivity index (χ2n) is 6.34. The number of ether oxygens (including phenoxy) is 5.